The van der Waals surface area contributed by atoms with Gasteiger partial charge >= 0.3 is 48.9 Å². The summed E-state index contributed by atoms with van der Waals surface area (Å²) in [5.41, 5.74) is 0. The molecule has 0 heterocycles. The van der Waals surface area contributed by atoms with Crippen LogP contribution in [0, 0.1) is 6.92 Å². The quantitative estimate of drug-likeness (QED) is 0.448. The molecule has 1 aromatic carbocycles. The second-order valence-electron chi connectivity index (χ2n) is 3.96. The summed E-state index contributed by atoms with van der Waals surface area (Å²) in [6, 6.07) is 8.71. The monoisotopic (exact) mass is 359 g/mol. The standard InChI is InChI=1S/C9H19.C6H6O.Ba/c1-3-5-7-9-8-6-4-2;7-6-4-2-1-3-5-6;/h1,3-9H2,2H3;1-5,7H;/q-1;;+2. The van der Waals surface area contributed by atoms with E-state index >= 15 is 0 Å². The van der Waals surface area contributed by atoms with Crippen LogP contribution in [0.2, 0.25) is 0 Å². The predicted molar refractivity (Wildman–Crippen MR) is 77.2 cm³/mol. The first-order valence-electron chi connectivity index (χ1n) is 6.34. The third-order valence-electron chi connectivity index (χ3n) is 2.36. The molecule has 0 bridgehead atoms. The van der Waals surface area contributed by atoms with E-state index in [1.54, 1.807) is 24.3 Å². The Hall–Kier alpha value is 0.591. The van der Waals surface area contributed by atoms with Gasteiger partial charge in [0, 0.05) is 0 Å². The summed E-state index contributed by atoms with van der Waals surface area (Å²) in [6.45, 7) is 6.05. The molecule has 0 aliphatic heterocycles. The molecule has 17 heavy (non-hydrogen) atoms. The van der Waals surface area contributed by atoms with Gasteiger partial charge < -0.3 is 12.0 Å². The molecule has 0 aliphatic rings. The van der Waals surface area contributed by atoms with Crippen molar-refractivity contribution < 1.29 is 5.11 Å². The van der Waals surface area contributed by atoms with Crippen LogP contribution in [0.3, 0.4) is 0 Å². The molecule has 0 aliphatic carbocycles. The van der Waals surface area contributed by atoms with Gasteiger partial charge in [0.2, 0.25) is 0 Å². The first-order chi connectivity index (χ1) is 7.81. The van der Waals surface area contributed by atoms with E-state index < -0.39 is 0 Å². The number of rotatable bonds is 6. The minimum Gasteiger partial charge on any atom is -0.508 e. The Bertz CT molecular complexity index is 218. The van der Waals surface area contributed by atoms with Crippen LogP contribution in [0.4, 0.5) is 0 Å². The molecule has 0 unspecified atom stereocenters. The second kappa shape index (κ2) is 16.6. The molecular weight excluding hydrogens is 333 g/mol. The van der Waals surface area contributed by atoms with Crippen molar-refractivity contribution in [2.24, 2.45) is 0 Å². The minimum atomic E-state index is 0. The van der Waals surface area contributed by atoms with E-state index in [0.29, 0.717) is 5.75 Å². The van der Waals surface area contributed by atoms with Gasteiger partial charge in [-0.05, 0) is 12.1 Å². The molecule has 0 spiro atoms. The van der Waals surface area contributed by atoms with Gasteiger partial charge in [-0.3, -0.25) is 0 Å². The Morgan fingerprint density at radius 2 is 1.47 bits per heavy atom. The fourth-order valence-electron chi connectivity index (χ4n) is 1.39. The van der Waals surface area contributed by atoms with Crippen molar-refractivity contribution in [3.8, 4) is 5.75 Å². The summed E-state index contributed by atoms with van der Waals surface area (Å²) in [6.07, 6.45) is 9.45. The first kappa shape index (κ1) is 19.9. The topological polar surface area (TPSA) is 20.2 Å². The van der Waals surface area contributed by atoms with Crippen molar-refractivity contribution in [1.82, 2.24) is 0 Å². The van der Waals surface area contributed by atoms with Crippen LogP contribution >= 0.6 is 0 Å². The van der Waals surface area contributed by atoms with E-state index in [1.165, 1.54) is 38.5 Å². The number of phenolic OH excluding ortho intramolecular Hbond substituents is 1. The van der Waals surface area contributed by atoms with Crippen LogP contribution in [0.5, 0.6) is 5.75 Å². The average Bonchev–Trinajstić information content (AvgIpc) is 2.31. The van der Waals surface area contributed by atoms with Crippen molar-refractivity contribution in [2.75, 3.05) is 0 Å². The number of aromatic hydroxyl groups is 1. The molecule has 0 fully saturated rings. The molecule has 0 saturated heterocycles. The van der Waals surface area contributed by atoms with E-state index in [9.17, 15) is 0 Å². The largest absolute Gasteiger partial charge is 2.00 e. The second-order valence-corrected chi connectivity index (χ2v) is 3.96. The number of unbranched alkanes of at least 4 members (excludes halogenated alkanes) is 6. The third-order valence-corrected chi connectivity index (χ3v) is 2.36. The number of hydrogen-bond acceptors (Lipinski definition) is 1. The van der Waals surface area contributed by atoms with E-state index in [2.05, 4.69) is 13.8 Å². The fraction of sp³-hybridized carbons (Fsp3) is 0.533. The predicted octanol–water partition coefficient (Wildman–Crippen LogP) is 4.58. The van der Waals surface area contributed by atoms with Gasteiger partial charge in [0.15, 0.2) is 0 Å². The van der Waals surface area contributed by atoms with Gasteiger partial charge in [0.05, 0.1) is 0 Å². The summed E-state index contributed by atoms with van der Waals surface area (Å²) < 4.78 is 0. The third kappa shape index (κ3) is 16.6. The maximum Gasteiger partial charge on any atom is 2.00 e. The molecule has 0 radical (unpaired) electrons. The Morgan fingerprint density at radius 1 is 0.941 bits per heavy atom. The molecular formula is C15H25BaO+. The minimum absolute atomic E-state index is 0. The Morgan fingerprint density at radius 3 is 1.88 bits per heavy atom. The number of phenols is 1. The van der Waals surface area contributed by atoms with Crippen LogP contribution in [0.1, 0.15) is 51.9 Å². The summed E-state index contributed by atoms with van der Waals surface area (Å²) in [7, 11) is 0. The van der Waals surface area contributed by atoms with Crippen molar-refractivity contribution in [3.63, 3.8) is 0 Å². The van der Waals surface area contributed by atoms with Crippen LogP contribution in [0.15, 0.2) is 30.3 Å². The number of benzene rings is 1. The molecule has 1 nitrogen and oxygen atoms in total. The van der Waals surface area contributed by atoms with Gasteiger partial charge in [-0.1, -0.05) is 63.6 Å². The molecule has 1 aromatic rings. The van der Waals surface area contributed by atoms with Crippen LogP contribution in [-0.2, 0) is 0 Å². The molecule has 92 valence electrons. The van der Waals surface area contributed by atoms with Gasteiger partial charge in [-0.2, -0.15) is 6.42 Å². The first-order valence-corrected chi connectivity index (χ1v) is 6.34. The van der Waals surface area contributed by atoms with E-state index in [-0.39, 0.29) is 48.9 Å². The number of hydrogen-bond donors (Lipinski definition) is 1. The molecule has 2 heteroatoms. The van der Waals surface area contributed by atoms with Gasteiger partial charge in [0.25, 0.3) is 0 Å². The van der Waals surface area contributed by atoms with Crippen molar-refractivity contribution in [2.45, 2.75) is 51.9 Å². The molecule has 0 saturated carbocycles. The van der Waals surface area contributed by atoms with Crippen molar-refractivity contribution in [3.05, 3.63) is 37.3 Å². The van der Waals surface area contributed by atoms with Crippen molar-refractivity contribution in [1.29, 1.82) is 0 Å². The van der Waals surface area contributed by atoms with E-state index in [4.69, 9.17) is 5.11 Å². The Labute approximate surface area is 147 Å². The summed E-state index contributed by atoms with van der Waals surface area (Å²) in [4.78, 5) is 0. The zero-order valence-electron chi connectivity index (χ0n) is 11.2. The van der Waals surface area contributed by atoms with Crippen LogP contribution < -0.4 is 0 Å². The molecule has 0 aromatic heterocycles. The smallest absolute Gasteiger partial charge is 0.508 e. The van der Waals surface area contributed by atoms with E-state index in [1.807, 2.05) is 6.07 Å². The van der Waals surface area contributed by atoms with Gasteiger partial charge in [-0.25, -0.2) is 0 Å². The molecule has 0 atom stereocenters. The maximum absolute atomic E-state index is 8.63. The maximum atomic E-state index is 8.63. The van der Waals surface area contributed by atoms with Gasteiger partial charge in [0.1, 0.15) is 5.75 Å². The summed E-state index contributed by atoms with van der Waals surface area (Å²) in [5, 5.41) is 8.63. The van der Waals surface area contributed by atoms with Crippen molar-refractivity contribution >= 4 is 48.9 Å². The van der Waals surface area contributed by atoms with Crippen LogP contribution in [-0.4, -0.2) is 54.0 Å². The summed E-state index contributed by atoms with van der Waals surface area (Å²) in [5.74, 6) is 0.322. The van der Waals surface area contributed by atoms with Gasteiger partial charge in [-0.15, -0.1) is 0 Å². The normalized spacial score (nSPS) is 8.82. The summed E-state index contributed by atoms with van der Waals surface area (Å²) >= 11 is 0. The zero-order valence-corrected chi connectivity index (χ0v) is 15.6. The Balaban J connectivity index is 0. The Kier molecular flexibility index (Phi) is 19.4. The zero-order chi connectivity index (χ0) is 12.1. The fourth-order valence-corrected chi connectivity index (χ4v) is 1.39. The molecule has 1 rings (SSSR count). The SMILES string of the molecule is Oc1ccccc1.[Ba+2].[CH2-]CCCCCCCC. The number of para-hydroxylation sites is 1. The van der Waals surface area contributed by atoms with E-state index in [0.717, 1.165) is 6.42 Å². The average molecular weight is 359 g/mol. The van der Waals surface area contributed by atoms with Crippen LogP contribution in [0.25, 0.3) is 0 Å². The molecule has 1 N–H and O–H groups in total. The molecule has 0 amide bonds.